The number of nitrogen functional groups attached to an aromatic ring is 1. The van der Waals surface area contributed by atoms with Crippen LogP contribution in [-0.2, 0) is 9.53 Å². The molecule has 0 fully saturated rings. The highest BCUT2D eigenvalue weighted by Crippen LogP contribution is 2.18. The second-order valence-electron chi connectivity index (χ2n) is 5.93. The molecule has 0 aliphatic heterocycles. The molecule has 2 rings (SSSR count). The van der Waals surface area contributed by atoms with Crippen LogP contribution in [0.5, 0.6) is 0 Å². The normalized spacial score (nSPS) is 12.9. The second-order valence-corrected chi connectivity index (χ2v) is 5.93. The Morgan fingerprint density at radius 2 is 1.72 bits per heavy atom. The van der Waals surface area contributed by atoms with Crippen molar-refractivity contribution in [3.63, 3.8) is 0 Å². The van der Waals surface area contributed by atoms with E-state index < -0.39 is 12.1 Å². The van der Waals surface area contributed by atoms with Crippen LogP contribution in [0, 0.1) is 0 Å². The van der Waals surface area contributed by atoms with E-state index in [9.17, 15) is 9.59 Å². The Hall–Kier alpha value is -2.82. The van der Waals surface area contributed by atoms with Crippen LogP contribution in [0.1, 0.15) is 42.1 Å². The van der Waals surface area contributed by atoms with Crippen molar-refractivity contribution in [1.29, 1.82) is 0 Å². The smallest absolute Gasteiger partial charge is 0.338 e. The van der Waals surface area contributed by atoms with Gasteiger partial charge in [0, 0.05) is 18.2 Å². The summed E-state index contributed by atoms with van der Waals surface area (Å²) in [5.74, 6) is -0.624. The summed E-state index contributed by atoms with van der Waals surface area (Å²) < 4.78 is 5.22. The average molecular weight is 340 g/mol. The number of nitrogens with one attached hydrogen (secondary N) is 1. The zero-order valence-electron chi connectivity index (χ0n) is 14.6. The highest BCUT2D eigenvalue weighted by Gasteiger charge is 2.20. The van der Waals surface area contributed by atoms with E-state index >= 15 is 0 Å². The molecule has 2 aromatic rings. The van der Waals surface area contributed by atoms with Gasteiger partial charge in [-0.2, -0.15) is 0 Å². The molecule has 0 spiro atoms. The Bertz CT molecular complexity index is 699. The molecule has 0 aromatic heterocycles. The van der Waals surface area contributed by atoms with Gasteiger partial charge in [-0.15, -0.1) is 0 Å². The number of carbonyl (C=O) groups excluding carboxylic acids is 2. The van der Waals surface area contributed by atoms with E-state index in [0.29, 0.717) is 17.8 Å². The van der Waals surface area contributed by atoms with Gasteiger partial charge in [-0.3, -0.25) is 4.79 Å². The highest BCUT2D eigenvalue weighted by atomic mass is 16.5. The molecule has 0 aliphatic rings. The molecule has 2 aromatic carbocycles. The minimum absolute atomic E-state index is 0.227. The van der Waals surface area contributed by atoms with Crippen LogP contribution in [0.3, 0.4) is 0 Å². The predicted molar refractivity (Wildman–Crippen MR) is 98.2 cm³/mol. The van der Waals surface area contributed by atoms with Crippen molar-refractivity contribution in [1.82, 2.24) is 5.32 Å². The van der Waals surface area contributed by atoms with Crippen LogP contribution >= 0.6 is 0 Å². The minimum atomic E-state index is -0.863. The zero-order chi connectivity index (χ0) is 18.2. The first-order chi connectivity index (χ1) is 12.0. The fourth-order valence-corrected chi connectivity index (χ4v) is 2.49. The molecule has 0 saturated heterocycles. The Labute approximate surface area is 148 Å². The Balaban J connectivity index is 1.87. The van der Waals surface area contributed by atoms with Crippen LogP contribution in [0.2, 0.25) is 0 Å². The Kier molecular flexibility index (Phi) is 6.57. The number of hydrogen-bond donors (Lipinski definition) is 2. The van der Waals surface area contributed by atoms with Gasteiger partial charge in [-0.25, -0.2) is 4.79 Å². The molecule has 3 N–H and O–H groups in total. The lowest BCUT2D eigenvalue weighted by molar-refractivity contribution is -0.129. The van der Waals surface area contributed by atoms with Crippen molar-refractivity contribution < 1.29 is 14.3 Å². The van der Waals surface area contributed by atoms with Crippen molar-refractivity contribution in [2.75, 3.05) is 12.3 Å². The maximum Gasteiger partial charge on any atom is 0.338 e. The van der Waals surface area contributed by atoms with Crippen molar-refractivity contribution in [3.05, 3.63) is 65.7 Å². The van der Waals surface area contributed by atoms with Gasteiger partial charge in [0.25, 0.3) is 5.91 Å². The first-order valence-corrected chi connectivity index (χ1v) is 8.40. The van der Waals surface area contributed by atoms with Crippen molar-refractivity contribution in [3.8, 4) is 0 Å². The van der Waals surface area contributed by atoms with E-state index in [1.807, 2.05) is 30.3 Å². The van der Waals surface area contributed by atoms with Gasteiger partial charge in [0.1, 0.15) is 0 Å². The summed E-state index contributed by atoms with van der Waals surface area (Å²) in [5.41, 5.74) is 7.70. The molecule has 25 heavy (non-hydrogen) atoms. The Morgan fingerprint density at radius 3 is 2.32 bits per heavy atom. The maximum absolute atomic E-state index is 12.2. The van der Waals surface area contributed by atoms with Gasteiger partial charge in [0.05, 0.1) is 5.56 Å². The lowest BCUT2D eigenvalue weighted by Crippen LogP contribution is -2.38. The summed E-state index contributed by atoms with van der Waals surface area (Å²) >= 11 is 0. The summed E-state index contributed by atoms with van der Waals surface area (Å²) in [6, 6.07) is 16.4. The molecule has 0 saturated carbocycles. The fraction of sp³-hybridized carbons (Fsp3) is 0.300. The van der Waals surface area contributed by atoms with E-state index in [2.05, 4.69) is 12.2 Å². The third kappa shape index (κ3) is 5.35. The minimum Gasteiger partial charge on any atom is -0.449 e. The summed E-state index contributed by atoms with van der Waals surface area (Å²) in [7, 11) is 0. The topological polar surface area (TPSA) is 81.4 Å². The molecule has 132 valence electrons. The standard InChI is InChI=1S/C20H24N2O3/c1-3-15(16-7-5-4-6-8-16)13-22-19(23)14(2)25-20(24)17-9-11-18(21)12-10-17/h4-12,14-15H,3,13,21H2,1-2H3,(H,22,23)/t14-,15+/m0/s1. The largest absolute Gasteiger partial charge is 0.449 e. The molecule has 0 bridgehead atoms. The molecule has 0 heterocycles. The van der Waals surface area contributed by atoms with Gasteiger partial charge in [-0.05, 0) is 43.2 Å². The molecule has 1 amide bonds. The first kappa shape index (κ1) is 18.5. The summed E-state index contributed by atoms with van der Waals surface area (Å²) in [4.78, 5) is 24.3. The summed E-state index contributed by atoms with van der Waals surface area (Å²) in [5, 5.41) is 2.86. The quantitative estimate of drug-likeness (QED) is 0.599. The monoisotopic (exact) mass is 340 g/mol. The lowest BCUT2D eigenvalue weighted by atomic mass is 9.96. The van der Waals surface area contributed by atoms with E-state index in [-0.39, 0.29) is 11.8 Å². The SMILES string of the molecule is CC[C@H](CNC(=O)[C@H](C)OC(=O)c1ccc(N)cc1)c1ccccc1. The zero-order valence-corrected chi connectivity index (χ0v) is 14.6. The number of benzene rings is 2. The number of amides is 1. The van der Waals surface area contributed by atoms with E-state index in [1.54, 1.807) is 31.2 Å². The van der Waals surface area contributed by atoms with Gasteiger partial charge in [0.2, 0.25) is 0 Å². The number of carbonyl (C=O) groups is 2. The lowest BCUT2D eigenvalue weighted by Gasteiger charge is -2.18. The average Bonchev–Trinajstić information content (AvgIpc) is 2.63. The molecule has 2 atom stereocenters. The summed E-state index contributed by atoms with van der Waals surface area (Å²) in [6.45, 7) is 4.14. The number of rotatable bonds is 7. The van der Waals surface area contributed by atoms with Crippen LogP contribution in [-0.4, -0.2) is 24.5 Å². The van der Waals surface area contributed by atoms with Crippen LogP contribution in [0.25, 0.3) is 0 Å². The fourth-order valence-electron chi connectivity index (χ4n) is 2.49. The van der Waals surface area contributed by atoms with Gasteiger partial charge < -0.3 is 15.8 Å². The molecule has 0 aliphatic carbocycles. The number of anilines is 1. The maximum atomic E-state index is 12.2. The first-order valence-electron chi connectivity index (χ1n) is 8.40. The second kappa shape index (κ2) is 8.87. The third-order valence-electron chi connectivity index (χ3n) is 4.09. The van der Waals surface area contributed by atoms with E-state index in [4.69, 9.17) is 10.5 Å². The number of nitrogens with two attached hydrogens (primary N) is 1. The number of esters is 1. The molecular weight excluding hydrogens is 316 g/mol. The summed E-state index contributed by atoms with van der Waals surface area (Å²) in [6.07, 6.45) is 0.0440. The van der Waals surface area contributed by atoms with Gasteiger partial charge in [0.15, 0.2) is 6.10 Å². The van der Waals surface area contributed by atoms with E-state index in [1.165, 1.54) is 5.56 Å². The Morgan fingerprint density at radius 1 is 1.08 bits per heavy atom. The van der Waals surface area contributed by atoms with Gasteiger partial charge >= 0.3 is 5.97 Å². The van der Waals surface area contributed by atoms with Crippen molar-refractivity contribution in [2.45, 2.75) is 32.3 Å². The molecule has 5 heteroatoms. The molecular formula is C20H24N2O3. The molecule has 5 nitrogen and oxygen atoms in total. The predicted octanol–water partition coefficient (Wildman–Crippen LogP) is 3.12. The van der Waals surface area contributed by atoms with Crippen LogP contribution in [0.4, 0.5) is 5.69 Å². The van der Waals surface area contributed by atoms with E-state index in [0.717, 1.165) is 6.42 Å². The van der Waals surface area contributed by atoms with Gasteiger partial charge in [-0.1, -0.05) is 37.3 Å². The number of hydrogen-bond acceptors (Lipinski definition) is 4. The molecule has 0 radical (unpaired) electrons. The molecule has 0 unspecified atom stereocenters. The van der Waals surface area contributed by atoms with Crippen molar-refractivity contribution >= 4 is 17.6 Å². The van der Waals surface area contributed by atoms with Crippen LogP contribution in [0.15, 0.2) is 54.6 Å². The third-order valence-corrected chi connectivity index (χ3v) is 4.09. The van der Waals surface area contributed by atoms with Crippen molar-refractivity contribution in [2.24, 2.45) is 0 Å². The van der Waals surface area contributed by atoms with Crippen LogP contribution < -0.4 is 11.1 Å². The number of ether oxygens (including phenoxy) is 1. The highest BCUT2D eigenvalue weighted by molar-refractivity contribution is 5.92.